The topological polar surface area (TPSA) is 98.7 Å². The number of aliphatic carboxylic acids is 1. The van der Waals surface area contributed by atoms with Crippen LogP contribution >= 0.6 is 0 Å². The fourth-order valence-corrected chi connectivity index (χ4v) is 2.07. The molecule has 0 saturated heterocycles. The van der Waals surface area contributed by atoms with E-state index in [4.69, 9.17) is 5.11 Å². The van der Waals surface area contributed by atoms with Crippen LogP contribution in [0, 0.1) is 0 Å². The van der Waals surface area contributed by atoms with Crippen LogP contribution in [-0.2, 0) is 9.59 Å². The Labute approximate surface area is 112 Å². The number of nitrogens with zero attached hydrogens (tertiary/aromatic N) is 1. The second-order valence-corrected chi connectivity index (χ2v) is 4.88. The van der Waals surface area contributed by atoms with E-state index in [1.54, 1.807) is 11.9 Å². The molecule has 0 spiro atoms. The van der Waals surface area contributed by atoms with Crippen LogP contribution in [0.2, 0.25) is 0 Å². The van der Waals surface area contributed by atoms with E-state index in [9.17, 15) is 14.4 Å². The van der Waals surface area contributed by atoms with Crippen molar-refractivity contribution in [3.05, 3.63) is 0 Å². The van der Waals surface area contributed by atoms with Crippen molar-refractivity contribution in [2.45, 2.75) is 38.1 Å². The average molecular weight is 271 g/mol. The Balaban J connectivity index is 2.18. The number of hydrogen-bond acceptors (Lipinski definition) is 4. The molecule has 0 aromatic heterocycles. The van der Waals surface area contributed by atoms with Crippen molar-refractivity contribution in [2.75, 3.05) is 20.1 Å². The van der Waals surface area contributed by atoms with Gasteiger partial charge < -0.3 is 10.4 Å². The van der Waals surface area contributed by atoms with E-state index in [-0.39, 0.29) is 25.6 Å². The van der Waals surface area contributed by atoms with Gasteiger partial charge in [0.2, 0.25) is 5.91 Å². The van der Waals surface area contributed by atoms with Crippen LogP contribution in [0.5, 0.6) is 0 Å². The highest BCUT2D eigenvalue weighted by Crippen LogP contribution is 2.17. The molecular formula is C12H21N3O4. The SMILES string of the molecule is CN(CCC(=O)O)CC(=O)NC(=O)NC1CCCC1. The molecule has 7 heteroatoms. The molecular weight excluding hydrogens is 250 g/mol. The van der Waals surface area contributed by atoms with Gasteiger partial charge in [0, 0.05) is 12.6 Å². The van der Waals surface area contributed by atoms with E-state index in [1.807, 2.05) is 0 Å². The van der Waals surface area contributed by atoms with E-state index < -0.39 is 17.9 Å². The number of likely N-dealkylation sites (N-methyl/N-ethyl adjacent to an activating group) is 1. The zero-order valence-corrected chi connectivity index (χ0v) is 11.1. The summed E-state index contributed by atoms with van der Waals surface area (Å²) in [5, 5.41) is 13.5. The van der Waals surface area contributed by atoms with Crippen LogP contribution in [0.3, 0.4) is 0 Å². The largest absolute Gasteiger partial charge is 0.481 e. The van der Waals surface area contributed by atoms with Gasteiger partial charge in [-0.3, -0.25) is 19.8 Å². The first-order chi connectivity index (χ1) is 8.97. The van der Waals surface area contributed by atoms with Gasteiger partial charge in [-0.15, -0.1) is 0 Å². The highest BCUT2D eigenvalue weighted by molar-refractivity contribution is 5.95. The average Bonchev–Trinajstić information content (AvgIpc) is 2.78. The summed E-state index contributed by atoms with van der Waals surface area (Å²) >= 11 is 0. The van der Waals surface area contributed by atoms with Crippen LogP contribution in [-0.4, -0.2) is 54.1 Å². The summed E-state index contributed by atoms with van der Waals surface area (Å²) in [7, 11) is 1.64. The summed E-state index contributed by atoms with van der Waals surface area (Å²) in [6, 6.07) is -0.305. The van der Waals surface area contributed by atoms with E-state index in [0.29, 0.717) is 0 Å². The predicted octanol–water partition coefficient (Wildman–Crippen LogP) is 0.161. The van der Waals surface area contributed by atoms with Gasteiger partial charge in [-0.05, 0) is 19.9 Å². The number of hydrogen-bond donors (Lipinski definition) is 3. The molecule has 0 heterocycles. The number of amides is 3. The van der Waals surface area contributed by atoms with E-state index in [1.165, 1.54) is 0 Å². The Hall–Kier alpha value is -1.63. The smallest absolute Gasteiger partial charge is 0.321 e. The van der Waals surface area contributed by atoms with Crippen LogP contribution in [0.15, 0.2) is 0 Å². The first kappa shape index (κ1) is 15.4. The Morgan fingerprint density at radius 3 is 2.47 bits per heavy atom. The summed E-state index contributed by atoms with van der Waals surface area (Å²) in [5.74, 6) is -1.34. The van der Waals surface area contributed by atoms with Crippen LogP contribution in [0.25, 0.3) is 0 Å². The van der Waals surface area contributed by atoms with Gasteiger partial charge in [0.1, 0.15) is 0 Å². The molecule has 1 fully saturated rings. The number of imide groups is 1. The summed E-state index contributed by atoms with van der Waals surface area (Å²) in [6.45, 7) is 0.276. The fourth-order valence-electron chi connectivity index (χ4n) is 2.07. The van der Waals surface area contributed by atoms with Crippen molar-refractivity contribution < 1.29 is 19.5 Å². The molecule has 0 aliphatic heterocycles. The van der Waals surface area contributed by atoms with Gasteiger partial charge >= 0.3 is 12.0 Å². The van der Waals surface area contributed by atoms with Crippen LogP contribution in [0.4, 0.5) is 4.79 Å². The summed E-state index contributed by atoms with van der Waals surface area (Å²) in [5.41, 5.74) is 0. The summed E-state index contributed by atoms with van der Waals surface area (Å²) in [4.78, 5) is 35.0. The highest BCUT2D eigenvalue weighted by atomic mass is 16.4. The van der Waals surface area contributed by atoms with E-state index in [2.05, 4.69) is 10.6 Å². The van der Waals surface area contributed by atoms with Crippen molar-refractivity contribution in [1.29, 1.82) is 0 Å². The molecule has 0 aromatic carbocycles. The lowest BCUT2D eigenvalue weighted by Crippen LogP contribution is -2.46. The molecule has 0 unspecified atom stereocenters. The molecule has 0 radical (unpaired) electrons. The second-order valence-electron chi connectivity index (χ2n) is 4.88. The van der Waals surface area contributed by atoms with Crippen molar-refractivity contribution >= 4 is 17.9 Å². The maximum atomic E-state index is 11.5. The molecule has 1 saturated carbocycles. The van der Waals surface area contributed by atoms with Crippen LogP contribution < -0.4 is 10.6 Å². The zero-order valence-electron chi connectivity index (χ0n) is 11.1. The zero-order chi connectivity index (χ0) is 14.3. The van der Waals surface area contributed by atoms with Gasteiger partial charge in [0.05, 0.1) is 13.0 Å². The lowest BCUT2D eigenvalue weighted by Gasteiger charge is -2.16. The molecule has 3 amide bonds. The van der Waals surface area contributed by atoms with Gasteiger partial charge in [-0.2, -0.15) is 0 Å². The number of carboxylic acid groups (broad SMARTS) is 1. The monoisotopic (exact) mass is 271 g/mol. The van der Waals surface area contributed by atoms with E-state index >= 15 is 0 Å². The lowest BCUT2D eigenvalue weighted by molar-refractivity contribution is -0.137. The van der Waals surface area contributed by atoms with Crippen molar-refractivity contribution in [2.24, 2.45) is 0 Å². The number of nitrogens with one attached hydrogen (secondary N) is 2. The molecule has 7 nitrogen and oxygen atoms in total. The molecule has 1 aliphatic rings. The number of carbonyl (C=O) groups is 3. The summed E-state index contributed by atoms with van der Waals surface area (Å²) < 4.78 is 0. The lowest BCUT2D eigenvalue weighted by atomic mass is 10.2. The van der Waals surface area contributed by atoms with Crippen molar-refractivity contribution in [3.8, 4) is 0 Å². The molecule has 0 bridgehead atoms. The van der Waals surface area contributed by atoms with Gasteiger partial charge in [-0.25, -0.2) is 4.79 Å². The number of rotatable bonds is 6. The Bertz CT molecular complexity index is 340. The maximum Gasteiger partial charge on any atom is 0.321 e. The predicted molar refractivity (Wildman–Crippen MR) is 68.7 cm³/mol. The minimum Gasteiger partial charge on any atom is -0.481 e. The van der Waals surface area contributed by atoms with Gasteiger partial charge in [0.15, 0.2) is 0 Å². The Kier molecular flexibility index (Phi) is 6.27. The number of carbonyl (C=O) groups excluding carboxylic acids is 2. The fraction of sp³-hybridized carbons (Fsp3) is 0.750. The number of urea groups is 1. The molecule has 0 atom stereocenters. The van der Waals surface area contributed by atoms with E-state index in [0.717, 1.165) is 25.7 Å². The minimum atomic E-state index is -0.911. The highest BCUT2D eigenvalue weighted by Gasteiger charge is 2.18. The molecule has 0 aromatic rings. The molecule has 1 rings (SSSR count). The van der Waals surface area contributed by atoms with Gasteiger partial charge in [0.25, 0.3) is 0 Å². The summed E-state index contributed by atoms with van der Waals surface area (Å²) in [6.07, 6.45) is 4.10. The van der Waals surface area contributed by atoms with Crippen molar-refractivity contribution in [1.82, 2.24) is 15.5 Å². The maximum absolute atomic E-state index is 11.5. The third-order valence-electron chi connectivity index (χ3n) is 3.06. The first-order valence-electron chi connectivity index (χ1n) is 6.48. The molecule has 1 aliphatic carbocycles. The molecule has 19 heavy (non-hydrogen) atoms. The van der Waals surface area contributed by atoms with Gasteiger partial charge in [-0.1, -0.05) is 12.8 Å². The Morgan fingerprint density at radius 2 is 1.89 bits per heavy atom. The van der Waals surface area contributed by atoms with Crippen molar-refractivity contribution in [3.63, 3.8) is 0 Å². The quantitative estimate of drug-likeness (QED) is 0.639. The second kappa shape index (κ2) is 7.73. The Morgan fingerprint density at radius 1 is 1.26 bits per heavy atom. The molecule has 108 valence electrons. The minimum absolute atomic E-state index is 0.00532. The first-order valence-corrected chi connectivity index (χ1v) is 6.48. The normalized spacial score (nSPS) is 15.5. The third-order valence-corrected chi connectivity index (χ3v) is 3.06. The standard InChI is InChI=1S/C12H21N3O4/c1-15(7-6-11(17)18)8-10(16)14-12(19)13-9-4-2-3-5-9/h9H,2-8H2,1H3,(H,17,18)(H2,13,14,16,19). The number of carboxylic acids is 1. The third kappa shape index (κ3) is 6.76. The molecule has 3 N–H and O–H groups in total. The van der Waals surface area contributed by atoms with Crippen LogP contribution in [0.1, 0.15) is 32.1 Å².